The lowest BCUT2D eigenvalue weighted by molar-refractivity contribution is -0.417. The molecule has 0 radical (unpaired) electrons. The van der Waals surface area contributed by atoms with Crippen LogP contribution in [0.4, 0.5) is 0 Å². The Morgan fingerprint density at radius 2 is 0.966 bits per heavy atom. The van der Waals surface area contributed by atoms with Gasteiger partial charge in [0.05, 0.1) is 0 Å². The van der Waals surface area contributed by atoms with Crippen LogP contribution in [0.1, 0.15) is 77.0 Å². The lowest BCUT2D eigenvalue weighted by atomic mass is 9.39. The van der Waals surface area contributed by atoms with Crippen molar-refractivity contribution in [1.29, 1.82) is 0 Å². The molecule has 0 aromatic rings. The predicted octanol–water partition coefficient (Wildman–Crippen LogP) is 6.58. The zero-order valence-electron chi connectivity index (χ0n) is 18.2. The monoisotopic (exact) mass is 389 g/mol. The SMILES string of the molecule is C[O+]=C1C=CC(=C(C23CC4CC(CC(C4)C2)C3)C23CC4CC(CC(C4)C2)C3)C=C1. The van der Waals surface area contributed by atoms with Gasteiger partial charge in [0, 0.05) is 12.2 Å². The molecule has 1 heteroatoms. The van der Waals surface area contributed by atoms with Gasteiger partial charge in [0.15, 0.2) is 0 Å². The topological polar surface area (TPSA) is 11.3 Å². The molecule has 0 aliphatic heterocycles. The van der Waals surface area contributed by atoms with Crippen LogP contribution in [0, 0.1) is 46.3 Å². The largest absolute Gasteiger partial charge is 0.343 e. The fourth-order valence-corrected chi connectivity index (χ4v) is 10.8. The summed E-state index contributed by atoms with van der Waals surface area (Å²) in [7, 11) is 1.80. The molecule has 0 N–H and O–H groups in total. The molecular formula is C28H37O+. The molecule has 29 heavy (non-hydrogen) atoms. The minimum absolute atomic E-state index is 0.537. The Kier molecular flexibility index (Phi) is 3.62. The van der Waals surface area contributed by atoms with Crippen LogP contribution in [0.5, 0.6) is 0 Å². The average Bonchev–Trinajstić information content (AvgIpc) is 2.66. The van der Waals surface area contributed by atoms with Crippen molar-refractivity contribution >= 4 is 5.78 Å². The molecule has 1 nitrogen and oxygen atoms in total. The van der Waals surface area contributed by atoms with Gasteiger partial charge in [0.25, 0.3) is 7.11 Å². The van der Waals surface area contributed by atoms with E-state index in [4.69, 9.17) is 4.42 Å². The summed E-state index contributed by atoms with van der Waals surface area (Å²) in [4.78, 5) is 0. The highest BCUT2D eigenvalue weighted by atomic mass is 16.4. The number of rotatable bonds is 2. The molecule has 154 valence electrons. The van der Waals surface area contributed by atoms with Crippen molar-refractivity contribution in [3.63, 3.8) is 0 Å². The first-order valence-corrected chi connectivity index (χ1v) is 12.7. The van der Waals surface area contributed by atoms with Crippen molar-refractivity contribution in [2.24, 2.45) is 46.3 Å². The lowest BCUT2D eigenvalue weighted by Crippen LogP contribution is -2.54. The van der Waals surface area contributed by atoms with E-state index in [1.54, 1.807) is 51.2 Å². The second-order valence-electron chi connectivity index (χ2n) is 12.5. The molecule has 9 rings (SSSR count). The van der Waals surface area contributed by atoms with Crippen molar-refractivity contribution in [2.75, 3.05) is 7.11 Å². The molecule has 9 aliphatic rings. The van der Waals surface area contributed by atoms with Gasteiger partial charge in [0.2, 0.25) is 0 Å². The summed E-state index contributed by atoms with van der Waals surface area (Å²) in [5.41, 5.74) is 4.66. The third kappa shape index (κ3) is 2.55. The molecule has 0 heterocycles. The molecule has 8 fully saturated rings. The normalized spacial score (nSPS) is 51.2. The second-order valence-corrected chi connectivity index (χ2v) is 12.5. The van der Waals surface area contributed by atoms with Crippen molar-refractivity contribution in [2.45, 2.75) is 77.0 Å². The van der Waals surface area contributed by atoms with E-state index < -0.39 is 0 Å². The van der Waals surface area contributed by atoms with E-state index in [-0.39, 0.29) is 0 Å². The zero-order valence-corrected chi connectivity index (χ0v) is 18.2. The van der Waals surface area contributed by atoms with Gasteiger partial charge in [-0.25, -0.2) is 0 Å². The Morgan fingerprint density at radius 1 is 0.621 bits per heavy atom. The molecule has 8 bridgehead atoms. The predicted molar refractivity (Wildman–Crippen MR) is 117 cm³/mol. The van der Waals surface area contributed by atoms with Gasteiger partial charge in [-0.2, -0.15) is 0 Å². The summed E-state index contributed by atoms with van der Waals surface area (Å²) in [6, 6.07) is 0. The molecule has 9 aliphatic carbocycles. The fourth-order valence-electron chi connectivity index (χ4n) is 10.8. The van der Waals surface area contributed by atoms with Gasteiger partial charge in [-0.3, -0.25) is 4.42 Å². The van der Waals surface area contributed by atoms with E-state index in [9.17, 15) is 0 Å². The van der Waals surface area contributed by atoms with Crippen LogP contribution in [0.15, 0.2) is 35.5 Å². The van der Waals surface area contributed by atoms with E-state index in [0.717, 1.165) is 41.3 Å². The standard InChI is InChI=1S/C28H37O/c1-29-25-4-2-24(3-5-25)26(27-12-18-6-19(13-27)8-20(7-18)14-27)28-15-21-9-22(16-28)11-23(10-21)17-28/h2-5,18-23H,6-17H2,1H3/q+1. The van der Waals surface area contributed by atoms with Crippen molar-refractivity contribution in [3.8, 4) is 0 Å². The van der Waals surface area contributed by atoms with E-state index in [2.05, 4.69) is 24.3 Å². The maximum atomic E-state index is 5.54. The summed E-state index contributed by atoms with van der Waals surface area (Å²) in [6.07, 6.45) is 27.8. The van der Waals surface area contributed by atoms with Crippen LogP contribution in [0.2, 0.25) is 0 Å². The zero-order chi connectivity index (χ0) is 19.2. The maximum Gasteiger partial charge on any atom is 0.343 e. The maximum absolute atomic E-state index is 5.54. The summed E-state index contributed by atoms with van der Waals surface area (Å²) in [6.45, 7) is 0. The number of hydrogen-bond donors (Lipinski definition) is 0. The summed E-state index contributed by atoms with van der Waals surface area (Å²) >= 11 is 0. The Balaban J connectivity index is 1.40. The van der Waals surface area contributed by atoms with E-state index in [1.165, 1.54) is 38.5 Å². The van der Waals surface area contributed by atoms with Gasteiger partial charge in [0.1, 0.15) is 0 Å². The van der Waals surface area contributed by atoms with Crippen LogP contribution in [-0.4, -0.2) is 12.9 Å². The third-order valence-corrected chi connectivity index (χ3v) is 10.5. The Labute approximate surface area is 176 Å². The van der Waals surface area contributed by atoms with Crippen LogP contribution >= 0.6 is 0 Å². The molecule has 0 aromatic heterocycles. The first-order chi connectivity index (χ1) is 14.1. The van der Waals surface area contributed by atoms with E-state index in [1.807, 2.05) is 5.57 Å². The molecule has 0 saturated heterocycles. The highest BCUT2D eigenvalue weighted by molar-refractivity contribution is 6.01. The number of carbonyl (C=O) groups excluding carboxylic acids is 1. The molecule has 0 atom stereocenters. The molecular weight excluding hydrogens is 352 g/mol. The number of ketones is 1. The molecule has 0 amide bonds. The molecule has 0 aromatic carbocycles. The lowest BCUT2D eigenvalue weighted by Gasteiger charge is -2.65. The molecule has 8 saturated carbocycles. The van der Waals surface area contributed by atoms with Crippen LogP contribution in [0.3, 0.4) is 0 Å². The van der Waals surface area contributed by atoms with Gasteiger partial charge >= 0.3 is 5.78 Å². The summed E-state index contributed by atoms with van der Waals surface area (Å²) in [5.74, 6) is 7.20. The van der Waals surface area contributed by atoms with Crippen LogP contribution in [0.25, 0.3) is 0 Å². The van der Waals surface area contributed by atoms with E-state index >= 15 is 0 Å². The quantitative estimate of drug-likeness (QED) is 0.473. The van der Waals surface area contributed by atoms with Gasteiger partial charge in [-0.15, -0.1) is 0 Å². The van der Waals surface area contributed by atoms with Gasteiger partial charge < -0.3 is 0 Å². The van der Waals surface area contributed by atoms with Crippen molar-refractivity contribution in [3.05, 3.63) is 35.5 Å². The fraction of sp³-hybridized carbons (Fsp3) is 0.750. The average molecular weight is 390 g/mol. The highest BCUT2D eigenvalue weighted by Crippen LogP contribution is 2.71. The van der Waals surface area contributed by atoms with Crippen molar-refractivity contribution < 1.29 is 4.42 Å². The second kappa shape index (κ2) is 5.98. The Bertz CT molecular complexity index is 715. The Morgan fingerprint density at radius 3 is 1.28 bits per heavy atom. The number of hydrogen-bond acceptors (Lipinski definition) is 0. The highest BCUT2D eigenvalue weighted by Gasteiger charge is 2.60. The smallest absolute Gasteiger partial charge is 0.258 e. The van der Waals surface area contributed by atoms with Gasteiger partial charge in [-0.05, 0) is 141 Å². The first-order valence-electron chi connectivity index (χ1n) is 12.7. The molecule has 0 spiro atoms. The third-order valence-electron chi connectivity index (χ3n) is 10.5. The summed E-state index contributed by atoms with van der Waals surface area (Å²) in [5, 5.41) is 0. The minimum Gasteiger partial charge on any atom is -0.258 e. The number of allylic oxidation sites excluding steroid dienone is 6. The van der Waals surface area contributed by atoms with Crippen LogP contribution < -0.4 is 0 Å². The summed E-state index contributed by atoms with van der Waals surface area (Å²) < 4.78 is 5.54. The Hall–Kier alpha value is -1.11. The first kappa shape index (κ1) is 17.6. The van der Waals surface area contributed by atoms with Crippen LogP contribution in [-0.2, 0) is 4.42 Å². The van der Waals surface area contributed by atoms with E-state index in [0.29, 0.717) is 10.8 Å². The molecule has 0 unspecified atom stereocenters. The van der Waals surface area contributed by atoms with Gasteiger partial charge in [-0.1, -0.05) is 5.57 Å². The van der Waals surface area contributed by atoms with Crippen molar-refractivity contribution in [1.82, 2.24) is 0 Å². The minimum atomic E-state index is 0.537.